The van der Waals surface area contributed by atoms with Crippen LogP contribution in [0.5, 0.6) is 0 Å². The van der Waals surface area contributed by atoms with Gasteiger partial charge in [0.15, 0.2) is 11.8 Å². The predicted octanol–water partition coefficient (Wildman–Crippen LogP) is 2.20. The van der Waals surface area contributed by atoms with Crippen LogP contribution in [0.4, 0.5) is 0 Å². The van der Waals surface area contributed by atoms with Crippen LogP contribution in [0.15, 0.2) is 52.8 Å². The Morgan fingerprint density at radius 1 is 1.18 bits per heavy atom. The monoisotopic (exact) mass is 398 g/mol. The van der Waals surface area contributed by atoms with Crippen LogP contribution in [0.25, 0.3) is 0 Å². The molecule has 0 aliphatic rings. The van der Waals surface area contributed by atoms with Crippen LogP contribution in [0, 0.1) is 6.92 Å². The molecule has 28 heavy (non-hydrogen) atoms. The molecule has 0 aliphatic heterocycles. The number of nitrogens with one attached hydrogen (secondary N) is 2. The van der Waals surface area contributed by atoms with Gasteiger partial charge >= 0.3 is 0 Å². The van der Waals surface area contributed by atoms with Crippen LogP contribution >= 0.6 is 11.3 Å². The number of hydrogen-bond acceptors (Lipinski definition) is 5. The van der Waals surface area contributed by atoms with E-state index in [4.69, 9.17) is 0 Å². The van der Waals surface area contributed by atoms with Crippen LogP contribution in [0.3, 0.4) is 0 Å². The summed E-state index contributed by atoms with van der Waals surface area (Å²) in [6.45, 7) is 3.68. The van der Waals surface area contributed by atoms with Crippen LogP contribution in [0.1, 0.15) is 28.0 Å². The molecule has 0 fully saturated rings. The number of aliphatic imine (C=N–C) groups is 1. The second-order valence-electron chi connectivity index (χ2n) is 6.49. The van der Waals surface area contributed by atoms with Crippen molar-refractivity contribution in [2.45, 2.75) is 25.9 Å². The molecule has 0 saturated carbocycles. The standard InChI is InChI=1S/C20H26N6OS/c1-15-24-25-19(26(15)2)13-23-20(22-12-18-9-6-10-28-18)21-11-17(14-27)16-7-4-3-5-8-16/h3-10,17,27H,11-14H2,1-2H3,(H2,21,22,23). The Kier molecular flexibility index (Phi) is 7.16. The molecule has 1 atom stereocenters. The summed E-state index contributed by atoms with van der Waals surface area (Å²) in [6.07, 6.45) is 0. The van der Waals surface area contributed by atoms with Gasteiger partial charge in [0.2, 0.25) is 0 Å². The summed E-state index contributed by atoms with van der Waals surface area (Å²) < 4.78 is 1.93. The fourth-order valence-corrected chi connectivity index (χ4v) is 3.37. The van der Waals surface area contributed by atoms with Crippen molar-refractivity contribution in [2.24, 2.45) is 12.0 Å². The van der Waals surface area contributed by atoms with E-state index in [1.807, 2.05) is 54.9 Å². The first-order chi connectivity index (χ1) is 13.7. The van der Waals surface area contributed by atoms with Gasteiger partial charge in [-0.2, -0.15) is 0 Å². The first kappa shape index (κ1) is 20.0. The number of thiophene rings is 1. The summed E-state index contributed by atoms with van der Waals surface area (Å²) in [5.41, 5.74) is 1.10. The van der Waals surface area contributed by atoms with Gasteiger partial charge in [-0.05, 0) is 23.9 Å². The highest BCUT2D eigenvalue weighted by Crippen LogP contribution is 2.13. The molecule has 3 N–H and O–H groups in total. The van der Waals surface area contributed by atoms with Crippen LogP contribution in [0.2, 0.25) is 0 Å². The molecule has 1 aromatic carbocycles. The zero-order valence-corrected chi connectivity index (χ0v) is 17.0. The molecule has 2 aromatic heterocycles. The molecular formula is C20H26N6OS. The Labute approximate surface area is 169 Å². The minimum Gasteiger partial charge on any atom is -0.396 e. The van der Waals surface area contributed by atoms with E-state index in [2.05, 4.69) is 37.3 Å². The van der Waals surface area contributed by atoms with Crippen molar-refractivity contribution < 1.29 is 5.11 Å². The van der Waals surface area contributed by atoms with E-state index in [0.29, 0.717) is 25.6 Å². The summed E-state index contributed by atoms with van der Waals surface area (Å²) >= 11 is 1.70. The minimum atomic E-state index is -0.00740. The van der Waals surface area contributed by atoms with Crippen molar-refractivity contribution in [1.82, 2.24) is 25.4 Å². The van der Waals surface area contributed by atoms with E-state index in [0.717, 1.165) is 17.2 Å². The third-order valence-corrected chi connectivity index (χ3v) is 5.46. The normalized spacial score (nSPS) is 12.8. The summed E-state index contributed by atoms with van der Waals surface area (Å²) in [4.78, 5) is 5.89. The van der Waals surface area contributed by atoms with E-state index in [1.165, 1.54) is 4.88 Å². The highest BCUT2D eigenvalue weighted by atomic mass is 32.1. The van der Waals surface area contributed by atoms with Gasteiger partial charge in [-0.3, -0.25) is 0 Å². The van der Waals surface area contributed by atoms with Crippen molar-refractivity contribution in [3.63, 3.8) is 0 Å². The largest absolute Gasteiger partial charge is 0.396 e. The van der Waals surface area contributed by atoms with Crippen LogP contribution in [-0.4, -0.2) is 39.0 Å². The van der Waals surface area contributed by atoms with Crippen molar-refractivity contribution >= 4 is 17.3 Å². The molecule has 148 valence electrons. The predicted molar refractivity (Wildman–Crippen MR) is 112 cm³/mol. The van der Waals surface area contributed by atoms with E-state index < -0.39 is 0 Å². The maximum absolute atomic E-state index is 9.80. The van der Waals surface area contributed by atoms with E-state index in [1.54, 1.807) is 11.3 Å². The third kappa shape index (κ3) is 5.40. The second-order valence-corrected chi connectivity index (χ2v) is 7.52. The Morgan fingerprint density at radius 3 is 2.64 bits per heavy atom. The number of rotatable bonds is 8. The van der Waals surface area contributed by atoms with E-state index in [9.17, 15) is 5.11 Å². The first-order valence-electron chi connectivity index (χ1n) is 9.22. The van der Waals surface area contributed by atoms with Crippen molar-refractivity contribution in [3.05, 3.63) is 69.9 Å². The third-order valence-electron chi connectivity index (χ3n) is 4.58. The van der Waals surface area contributed by atoms with E-state index >= 15 is 0 Å². The molecule has 0 saturated heterocycles. The second kappa shape index (κ2) is 10.0. The average molecular weight is 399 g/mol. The molecule has 7 nitrogen and oxygen atoms in total. The fourth-order valence-electron chi connectivity index (χ4n) is 2.73. The van der Waals surface area contributed by atoms with Crippen molar-refractivity contribution in [1.29, 1.82) is 0 Å². The lowest BCUT2D eigenvalue weighted by molar-refractivity contribution is 0.265. The molecule has 0 aliphatic carbocycles. The topological polar surface area (TPSA) is 87.4 Å². The van der Waals surface area contributed by atoms with Crippen molar-refractivity contribution in [3.8, 4) is 0 Å². The van der Waals surface area contributed by atoms with Gasteiger partial charge in [0, 0.05) is 24.4 Å². The molecule has 8 heteroatoms. The number of aliphatic hydroxyl groups is 1. The fraction of sp³-hybridized carbons (Fsp3) is 0.350. The smallest absolute Gasteiger partial charge is 0.192 e. The van der Waals surface area contributed by atoms with Gasteiger partial charge < -0.3 is 20.3 Å². The maximum atomic E-state index is 9.80. The average Bonchev–Trinajstić information content (AvgIpc) is 3.35. The number of aryl methyl sites for hydroxylation is 1. The molecular weight excluding hydrogens is 372 g/mol. The number of guanidine groups is 1. The number of aliphatic hydroxyl groups excluding tert-OH is 1. The summed E-state index contributed by atoms with van der Waals surface area (Å²) in [5.74, 6) is 2.34. The lowest BCUT2D eigenvalue weighted by Crippen LogP contribution is -2.39. The van der Waals surface area contributed by atoms with Gasteiger partial charge in [-0.25, -0.2) is 4.99 Å². The lowest BCUT2D eigenvalue weighted by atomic mass is 10.0. The number of aromatic nitrogens is 3. The van der Waals surface area contributed by atoms with Crippen molar-refractivity contribution in [2.75, 3.05) is 13.2 Å². The van der Waals surface area contributed by atoms with Gasteiger partial charge in [0.1, 0.15) is 12.4 Å². The van der Waals surface area contributed by atoms with E-state index in [-0.39, 0.29) is 12.5 Å². The number of benzene rings is 1. The molecule has 3 rings (SSSR count). The summed E-state index contributed by atoms with van der Waals surface area (Å²) in [6, 6.07) is 14.1. The highest BCUT2D eigenvalue weighted by molar-refractivity contribution is 7.09. The molecule has 0 spiro atoms. The summed E-state index contributed by atoms with van der Waals surface area (Å²) in [5, 5.41) is 26.8. The van der Waals surface area contributed by atoms with Gasteiger partial charge in [-0.15, -0.1) is 21.5 Å². The molecule has 0 amide bonds. The molecule has 2 heterocycles. The Balaban J connectivity index is 1.67. The van der Waals surface area contributed by atoms with Gasteiger partial charge in [0.05, 0.1) is 13.2 Å². The Morgan fingerprint density at radius 2 is 2.00 bits per heavy atom. The number of nitrogens with zero attached hydrogens (tertiary/aromatic N) is 4. The lowest BCUT2D eigenvalue weighted by Gasteiger charge is -2.18. The number of hydrogen-bond donors (Lipinski definition) is 3. The van der Waals surface area contributed by atoms with Crippen LogP contribution in [-0.2, 0) is 20.1 Å². The molecule has 3 aromatic rings. The van der Waals surface area contributed by atoms with Gasteiger partial charge in [-0.1, -0.05) is 36.4 Å². The Bertz CT molecular complexity index is 876. The quantitative estimate of drug-likeness (QED) is 0.400. The SMILES string of the molecule is Cc1nnc(CN=C(NCc2cccs2)NCC(CO)c2ccccc2)n1C. The molecule has 1 unspecified atom stereocenters. The summed E-state index contributed by atoms with van der Waals surface area (Å²) in [7, 11) is 1.93. The Hall–Kier alpha value is -2.71. The molecule has 0 bridgehead atoms. The molecule has 0 radical (unpaired) electrons. The van der Waals surface area contributed by atoms with Gasteiger partial charge in [0.25, 0.3) is 0 Å². The zero-order chi connectivity index (χ0) is 19.8. The highest BCUT2D eigenvalue weighted by Gasteiger charge is 2.12. The minimum absolute atomic E-state index is 0.00740. The maximum Gasteiger partial charge on any atom is 0.192 e. The van der Waals surface area contributed by atoms with Crippen LogP contribution < -0.4 is 10.6 Å². The first-order valence-corrected chi connectivity index (χ1v) is 10.1. The zero-order valence-electron chi connectivity index (χ0n) is 16.2.